The third kappa shape index (κ3) is 2.72. The van der Waals surface area contributed by atoms with Gasteiger partial charge in [-0.1, -0.05) is 30.3 Å². The molecule has 2 aliphatic heterocycles. The molecule has 3 aromatic rings. The van der Waals surface area contributed by atoms with Crippen molar-refractivity contribution in [1.82, 2.24) is 14.9 Å². The molecule has 0 spiro atoms. The molecule has 0 saturated carbocycles. The van der Waals surface area contributed by atoms with Crippen molar-refractivity contribution in [2.24, 2.45) is 0 Å². The molecule has 0 bridgehead atoms. The van der Waals surface area contributed by atoms with Gasteiger partial charge in [-0.25, -0.2) is 4.98 Å². The van der Waals surface area contributed by atoms with Crippen LogP contribution in [0.2, 0.25) is 0 Å². The predicted octanol–water partition coefficient (Wildman–Crippen LogP) is 2.05. The van der Waals surface area contributed by atoms with E-state index in [1.54, 1.807) is 48.5 Å². The number of aromatic nitrogens is 2. The number of fused-ring (bicyclic) bond motifs is 3. The quantitative estimate of drug-likeness (QED) is 0.592. The maximum absolute atomic E-state index is 13.4. The number of amides is 2. The van der Waals surface area contributed by atoms with Crippen LogP contribution in [-0.2, 0) is 15.2 Å². The zero-order valence-electron chi connectivity index (χ0n) is 17.0. The van der Waals surface area contributed by atoms with Gasteiger partial charge in [0, 0.05) is 17.7 Å². The van der Waals surface area contributed by atoms with Crippen LogP contribution in [0, 0.1) is 0 Å². The molecule has 3 heterocycles. The van der Waals surface area contributed by atoms with Gasteiger partial charge in [0.15, 0.2) is 11.4 Å². The molecule has 2 aromatic carbocycles. The standard InChI is InChI=1S/C23H20N4O4/c1-12(2)18-19-24-15-9-5-3-7-13(15)21(29)27(19)17(20(28)26-18)11-23(31)14-8-4-6-10-16(14)25-22(23)30/h3-10,17,31H,11H2,1-2H3,(H,25,30)(H,26,28)/t17-,23+/m1/s1. The fourth-order valence-electron chi connectivity index (χ4n) is 4.31. The molecule has 5 rings (SSSR count). The number of aliphatic hydroxyl groups is 1. The van der Waals surface area contributed by atoms with Crippen LogP contribution in [0.15, 0.2) is 58.9 Å². The van der Waals surface area contributed by atoms with Crippen molar-refractivity contribution in [3.05, 3.63) is 75.8 Å². The van der Waals surface area contributed by atoms with Gasteiger partial charge in [-0.3, -0.25) is 19.0 Å². The lowest BCUT2D eigenvalue weighted by atomic mass is 9.87. The number of carbonyl (C=O) groups excluding carboxylic acids is 2. The molecule has 0 radical (unpaired) electrons. The number of anilines is 1. The van der Waals surface area contributed by atoms with Gasteiger partial charge >= 0.3 is 0 Å². The van der Waals surface area contributed by atoms with Crippen molar-refractivity contribution in [1.29, 1.82) is 0 Å². The van der Waals surface area contributed by atoms with E-state index in [-0.39, 0.29) is 6.42 Å². The normalized spacial score (nSPS) is 22.0. The number of para-hydroxylation sites is 2. The Morgan fingerprint density at radius 3 is 2.55 bits per heavy atom. The van der Waals surface area contributed by atoms with Crippen LogP contribution in [0.3, 0.4) is 0 Å². The first kappa shape index (κ1) is 19.2. The Morgan fingerprint density at radius 1 is 1.06 bits per heavy atom. The Hall–Kier alpha value is -3.78. The fraction of sp³-hybridized carbons (Fsp3) is 0.217. The molecule has 2 amide bonds. The first-order chi connectivity index (χ1) is 14.8. The molecule has 0 unspecified atom stereocenters. The highest BCUT2D eigenvalue weighted by atomic mass is 16.3. The van der Waals surface area contributed by atoms with E-state index in [1.807, 2.05) is 13.8 Å². The number of nitrogens with zero attached hydrogens (tertiary/aromatic N) is 2. The maximum atomic E-state index is 13.4. The smallest absolute Gasteiger partial charge is 0.262 e. The fourth-order valence-corrected chi connectivity index (χ4v) is 4.31. The van der Waals surface area contributed by atoms with Crippen LogP contribution in [0.5, 0.6) is 0 Å². The number of allylic oxidation sites excluding steroid dienone is 1. The lowest BCUT2D eigenvalue weighted by Crippen LogP contribution is -2.48. The molecule has 156 valence electrons. The number of benzene rings is 2. The summed E-state index contributed by atoms with van der Waals surface area (Å²) in [5.74, 6) is -0.796. The van der Waals surface area contributed by atoms with Crippen LogP contribution in [0.1, 0.15) is 37.7 Å². The summed E-state index contributed by atoms with van der Waals surface area (Å²) in [6.45, 7) is 3.63. The summed E-state index contributed by atoms with van der Waals surface area (Å²) in [5.41, 5.74) is 0.260. The van der Waals surface area contributed by atoms with E-state index in [9.17, 15) is 19.5 Å². The minimum absolute atomic E-state index is 0.301. The van der Waals surface area contributed by atoms with E-state index in [1.165, 1.54) is 4.57 Å². The molecule has 2 atom stereocenters. The summed E-state index contributed by atoms with van der Waals surface area (Å²) < 4.78 is 1.30. The highest BCUT2D eigenvalue weighted by molar-refractivity contribution is 6.05. The van der Waals surface area contributed by atoms with Crippen molar-refractivity contribution in [3.63, 3.8) is 0 Å². The summed E-state index contributed by atoms with van der Waals surface area (Å²) >= 11 is 0. The first-order valence-corrected chi connectivity index (χ1v) is 9.94. The van der Waals surface area contributed by atoms with Gasteiger partial charge in [0.1, 0.15) is 6.04 Å². The Balaban J connectivity index is 1.73. The van der Waals surface area contributed by atoms with E-state index >= 15 is 0 Å². The van der Waals surface area contributed by atoms with Crippen LogP contribution in [0.25, 0.3) is 16.6 Å². The highest BCUT2D eigenvalue weighted by Crippen LogP contribution is 2.42. The summed E-state index contributed by atoms with van der Waals surface area (Å²) in [4.78, 5) is 43.9. The minimum atomic E-state index is -1.95. The first-order valence-electron chi connectivity index (χ1n) is 9.94. The monoisotopic (exact) mass is 416 g/mol. The average Bonchev–Trinajstić information content (AvgIpc) is 3.00. The molecule has 2 aliphatic rings. The Labute approximate surface area is 177 Å². The summed E-state index contributed by atoms with van der Waals surface area (Å²) in [5, 5.41) is 17.2. The second-order valence-electron chi connectivity index (χ2n) is 8.07. The van der Waals surface area contributed by atoms with Crippen molar-refractivity contribution in [3.8, 4) is 0 Å². The molecule has 0 fully saturated rings. The van der Waals surface area contributed by atoms with Crippen molar-refractivity contribution < 1.29 is 14.7 Å². The van der Waals surface area contributed by atoms with Gasteiger partial charge in [0.2, 0.25) is 5.91 Å². The van der Waals surface area contributed by atoms with Gasteiger partial charge in [-0.2, -0.15) is 0 Å². The third-order valence-corrected chi connectivity index (χ3v) is 5.88. The number of hydrogen-bond acceptors (Lipinski definition) is 5. The van der Waals surface area contributed by atoms with E-state index in [2.05, 4.69) is 15.6 Å². The van der Waals surface area contributed by atoms with Crippen LogP contribution in [-0.4, -0.2) is 26.5 Å². The third-order valence-electron chi connectivity index (χ3n) is 5.88. The largest absolute Gasteiger partial charge is 0.375 e. The molecule has 3 N–H and O–H groups in total. The SMILES string of the molecule is CC(C)=C1NC(=O)[C@@H](C[C@@]2(O)C(=O)Nc3ccccc32)n2c1nc1ccccc1c2=O. The molecule has 8 heteroatoms. The topological polar surface area (TPSA) is 113 Å². The van der Waals surface area contributed by atoms with Crippen LogP contribution in [0.4, 0.5) is 5.69 Å². The summed E-state index contributed by atoms with van der Waals surface area (Å²) in [6.07, 6.45) is -0.301. The average molecular weight is 416 g/mol. The van der Waals surface area contributed by atoms with Crippen molar-refractivity contribution >= 4 is 34.1 Å². The van der Waals surface area contributed by atoms with Crippen LogP contribution >= 0.6 is 0 Å². The van der Waals surface area contributed by atoms with Gasteiger partial charge in [0.25, 0.3) is 11.5 Å². The predicted molar refractivity (Wildman–Crippen MR) is 115 cm³/mol. The lowest BCUT2D eigenvalue weighted by Gasteiger charge is -2.33. The lowest BCUT2D eigenvalue weighted by molar-refractivity contribution is -0.137. The second kappa shape index (κ2) is 6.61. The number of hydrogen-bond donors (Lipinski definition) is 3. The van der Waals surface area contributed by atoms with Crippen LogP contribution < -0.4 is 16.2 Å². The van der Waals surface area contributed by atoms with Gasteiger partial charge in [-0.15, -0.1) is 0 Å². The van der Waals surface area contributed by atoms with E-state index in [0.717, 1.165) is 5.57 Å². The number of rotatable bonds is 2. The van der Waals surface area contributed by atoms with Gasteiger partial charge in [0.05, 0.1) is 16.6 Å². The van der Waals surface area contributed by atoms with Crippen molar-refractivity contribution in [2.45, 2.75) is 31.9 Å². The summed E-state index contributed by atoms with van der Waals surface area (Å²) in [7, 11) is 0. The zero-order chi connectivity index (χ0) is 21.9. The highest BCUT2D eigenvalue weighted by Gasteiger charge is 2.49. The molecule has 1 aromatic heterocycles. The van der Waals surface area contributed by atoms with Gasteiger partial charge < -0.3 is 15.7 Å². The zero-order valence-corrected chi connectivity index (χ0v) is 17.0. The molecule has 8 nitrogen and oxygen atoms in total. The van der Waals surface area contributed by atoms with Gasteiger partial charge in [-0.05, 0) is 37.6 Å². The Kier molecular flexibility index (Phi) is 4.10. The maximum Gasteiger partial charge on any atom is 0.262 e. The molecular formula is C23H20N4O4. The molecular weight excluding hydrogens is 396 g/mol. The van der Waals surface area contributed by atoms with E-state index < -0.39 is 29.0 Å². The molecule has 0 aliphatic carbocycles. The molecule has 0 saturated heterocycles. The number of nitrogens with one attached hydrogen (secondary N) is 2. The Morgan fingerprint density at radius 2 is 1.77 bits per heavy atom. The van der Waals surface area contributed by atoms with Crippen molar-refractivity contribution in [2.75, 3.05) is 5.32 Å². The summed E-state index contributed by atoms with van der Waals surface area (Å²) in [6, 6.07) is 12.6. The molecule has 31 heavy (non-hydrogen) atoms. The van der Waals surface area contributed by atoms with E-state index in [4.69, 9.17) is 0 Å². The number of carbonyl (C=O) groups is 2. The minimum Gasteiger partial charge on any atom is -0.375 e. The Bertz CT molecular complexity index is 1370. The van der Waals surface area contributed by atoms with E-state index in [0.29, 0.717) is 33.7 Å². The second-order valence-corrected chi connectivity index (χ2v) is 8.07.